The van der Waals surface area contributed by atoms with E-state index in [2.05, 4.69) is 30.0 Å². The van der Waals surface area contributed by atoms with Crippen molar-refractivity contribution in [3.05, 3.63) is 85.8 Å². The van der Waals surface area contributed by atoms with Crippen molar-refractivity contribution in [2.75, 3.05) is 0 Å². The Morgan fingerprint density at radius 2 is 1.35 bits per heavy atom. The van der Waals surface area contributed by atoms with Gasteiger partial charge in [0.15, 0.2) is 0 Å². The Balaban J connectivity index is 4.96. The van der Waals surface area contributed by atoms with E-state index in [1.165, 1.54) is 0 Å². The van der Waals surface area contributed by atoms with Crippen LogP contribution in [0.2, 0.25) is 0 Å². The van der Waals surface area contributed by atoms with Gasteiger partial charge in [0, 0.05) is 0 Å². The highest BCUT2D eigenvalue weighted by molar-refractivity contribution is 5.25. The maximum atomic E-state index is 4.10. The molecule has 0 aromatic rings. The lowest BCUT2D eigenvalue weighted by molar-refractivity contribution is 1.12. The third-order valence-corrected chi connectivity index (χ3v) is 1.60. The van der Waals surface area contributed by atoms with E-state index in [0.29, 0.717) is 5.70 Å². The number of azo groups is 1. The minimum Gasteiger partial charge on any atom is -0.151 e. The molecule has 0 N–H and O–H groups in total. The molecule has 0 amide bonds. The highest BCUT2D eigenvalue weighted by Gasteiger charge is 1.88. The van der Waals surface area contributed by atoms with Crippen molar-refractivity contribution in [1.82, 2.24) is 0 Å². The van der Waals surface area contributed by atoms with Crippen LogP contribution in [0.25, 0.3) is 0 Å². The van der Waals surface area contributed by atoms with Crippen LogP contribution in [0.3, 0.4) is 0 Å². The van der Waals surface area contributed by atoms with Crippen LogP contribution in [0.1, 0.15) is 6.92 Å². The highest BCUT2D eigenvalue weighted by Crippen LogP contribution is 2.07. The second kappa shape index (κ2) is 10.3. The predicted molar refractivity (Wildman–Crippen MR) is 75.6 cm³/mol. The molecule has 0 unspecified atom stereocenters. The molecule has 0 saturated carbocycles. The Bertz CT molecular complexity index is 405. The van der Waals surface area contributed by atoms with Gasteiger partial charge in [0.25, 0.3) is 0 Å². The van der Waals surface area contributed by atoms with Crippen molar-refractivity contribution >= 4 is 0 Å². The van der Waals surface area contributed by atoms with Gasteiger partial charge in [0.1, 0.15) is 0 Å². The molecule has 0 aromatic carbocycles. The van der Waals surface area contributed by atoms with Gasteiger partial charge in [0.05, 0.1) is 11.4 Å². The minimum atomic E-state index is 0.708. The zero-order valence-electron chi connectivity index (χ0n) is 10.2. The largest absolute Gasteiger partial charge is 0.151 e. The minimum absolute atomic E-state index is 0.708. The summed E-state index contributed by atoms with van der Waals surface area (Å²) < 4.78 is 0. The summed E-state index contributed by atoms with van der Waals surface area (Å²) in [6.07, 6.45) is 15.9. The molecule has 0 saturated heterocycles. The van der Waals surface area contributed by atoms with Crippen LogP contribution in [0, 0.1) is 0 Å². The van der Waals surface area contributed by atoms with Gasteiger partial charge in [-0.3, -0.25) is 0 Å². The second-order valence-corrected chi connectivity index (χ2v) is 2.95. The molecule has 0 rings (SSSR count). The van der Waals surface area contributed by atoms with Gasteiger partial charge >= 0.3 is 0 Å². The molecule has 0 atom stereocenters. The summed E-state index contributed by atoms with van der Waals surface area (Å²) in [5.41, 5.74) is 1.45. The average Bonchev–Trinajstić information content (AvgIpc) is 2.33. The molecule has 0 aliphatic heterocycles. The fourth-order valence-corrected chi connectivity index (χ4v) is 0.939. The van der Waals surface area contributed by atoms with E-state index >= 15 is 0 Å². The molecule has 0 aliphatic carbocycles. The number of rotatable bonds is 7. The lowest BCUT2D eigenvalue weighted by Crippen LogP contribution is -1.73. The van der Waals surface area contributed by atoms with E-state index in [9.17, 15) is 0 Å². The van der Waals surface area contributed by atoms with Gasteiger partial charge < -0.3 is 0 Å². The molecule has 0 heterocycles. The topological polar surface area (TPSA) is 24.7 Å². The van der Waals surface area contributed by atoms with E-state index in [1.807, 2.05) is 19.1 Å². The fourth-order valence-electron chi connectivity index (χ4n) is 0.939. The molecule has 17 heavy (non-hydrogen) atoms. The van der Waals surface area contributed by atoms with Gasteiger partial charge in [-0.15, -0.1) is 0 Å². The summed E-state index contributed by atoms with van der Waals surface area (Å²) in [7, 11) is 0. The van der Waals surface area contributed by atoms with Crippen LogP contribution in [0.4, 0.5) is 0 Å². The van der Waals surface area contributed by atoms with E-state index in [-0.39, 0.29) is 0 Å². The van der Waals surface area contributed by atoms with Crippen LogP contribution in [0.15, 0.2) is 96.0 Å². The number of allylic oxidation sites excluding steroid dienone is 9. The first-order valence-corrected chi connectivity index (χ1v) is 5.27. The van der Waals surface area contributed by atoms with Crippen LogP contribution in [-0.2, 0) is 0 Å². The summed E-state index contributed by atoms with van der Waals surface area (Å²) in [6.45, 7) is 12.8. The van der Waals surface area contributed by atoms with E-state index in [0.717, 1.165) is 5.70 Å². The third kappa shape index (κ3) is 7.68. The molecule has 2 nitrogen and oxygen atoms in total. The molecule has 0 fully saturated rings. The van der Waals surface area contributed by atoms with Gasteiger partial charge in [-0.1, -0.05) is 50.1 Å². The zero-order valence-corrected chi connectivity index (χ0v) is 10.2. The molecule has 0 aliphatic rings. The second-order valence-electron chi connectivity index (χ2n) is 2.95. The summed E-state index contributed by atoms with van der Waals surface area (Å²) in [4.78, 5) is 0. The standard InChI is InChI=1S/C15H18N2/c1-5-9-13-15(12-8-4)17-16-14(10-6-2)11-7-3/h5-13H,1-2,4H2,3H3/b11-7-,13-9-,14-10+,15-12+,17-16-. The quantitative estimate of drug-likeness (QED) is 0.436. The first-order chi connectivity index (χ1) is 8.28. The van der Waals surface area contributed by atoms with Gasteiger partial charge in [-0.05, 0) is 31.2 Å². The van der Waals surface area contributed by atoms with Crippen molar-refractivity contribution in [2.24, 2.45) is 10.2 Å². The first kappa shape index (κ1) is 14.8. The molecular formula is C15H18N2. The van der Waals surface area contributed by atoms with Crippen molar-refractivity contribution < 1.29 is 0 Å². The SMILES string of the molecule is C=C\C=C/C(=C\C=C)/N=N\C(\C=C/C)=C\C=C. The molecule has 0 aromatic heterocycles. The van der Waals surface area contributed by atoms with Crippen LogP contribution in [-0.4, -0.2) is 0 Å². The Morgan fingerprint density at radius 3 is 1.76 bits per heavy atom. The van der Waals surface area contributed by atoms with Crippen LogP contribution in [0.5, 0.6) is 0 Å². The summed E-state index contributed by atoms with van der Waals surface area (Å²) in [5.74, 6) is 0. The summed E-state index contributed by atoms with van der Waals surface area (Å²) in [5, 5.41) is 8.20. The molecular weight excluding hydrogens is 208 g/mol. The molecule has 0 radical (unpaired) electrons. The number of nitrogens with zero attached hydrogens (tertiary/aromatic N) is 2. The molecule has 2 heteroatoms. The monoisotopic (exact) mass is 226 g/mol. The summed E-state index contributed by atoms with van der Waals surface area (Å²) in [6, 6.07) is 0. The predicted octanol–water partition coefficient (Wildman–Crippen LogP) is 4.90. The highest BCUT2D eigenvalue weighted by atomic mass is 15.1. The molecule has 88 valence electrons. The lowest BCUT2D eigenvalue weighted by Gasteiger charge is -1.92. The smallest absolute Gasteiger partial charge is 0.0856 e. The number of hydrogen-bond donors (Lipinski definition) is 0. The third-order valence-electron chi connectivity index (χ3n) is 1.60. The lowest BCUT2D eigenvalue weighted by atomic mass is 10.3. The normalized spacial score (nSPS) is 13.7. The van der Waals surface area contributed by atoms with Gasteiger partial charge in [-0.25, -0.2) is 0 Å². The molecule has 0 spiro atoms. The van der Waals surface area contributed by atoms with Crippen LogP contribution < -0.4 is 0 Å². The summed E-state index contributed by atoms with van der Waals surface area (Å²) >= 11 is 0. The van der Waals surface area contributed by atoms with Crippen LogP contribution >= 0.6 is 0 Å². The first-order valence-electron chi connectivity index (χ1n) is 5.27. The van der Waals surface area contributed by atoms with Crippen molar-refractivity contribution in [1.29, 1.82) is 0 Å². The Morgan fingerprint density at radius 1 is 0.824 bits per heavy atom. The average molecular weight is 226 g/mol. The maximum absolute atomic E-state index is 4.10. The fraction of sp³-hybridized carbons (Fsp3) is 0.0667. The zero-order chi connectivity index (χ0) is 12.9. The van der Waals surface area contributed by atoms with E-state index in [4.69, 9.17) is 0 Å². The van der Waals surface area contributed by atoms with E-state index < -0.39 is 0 Å². The van der Waals surface area contributed by atoms with Crippen molar-refractivity contribution in [3.63, 3.8) is 0 Å². The van der Waals surface area contributed by atoms with Crippen molar-refractivity contribution in [3.8, 4) is 0 Å². The maximum Gasteiger partial charge on any atom is 0.0856 e. The Labute approximate surface area is 103 Å². The van der Waals surface area contributed by atoms with Gasteiger partial charge in [-0.2, -0.15) is 10.2 Å². The molecule has 0 bridgehead atoms. The van der Waals surface area contributed by atoms with Gasteiger partial charge in [0.2, 0.25) is 0 Å². The number of hydrogen-bond acceptors (Lipinski definition) is 2. The van der Waals surface area contributed by atoms with Crippen molar-refractivity contribution in [2.45, 2.75) is 6.92 Å². The Kier molecular flexibility index (Phi) is 8.96. The van der Waals surface area contributed by atoms with E-state index in [1.54, 1.807) is 42.5 Å². The Hall–Kier alpha value is -2.22.